The van der Waals surface area contributed by atoms with E-state index in [-0.39, 0.29) is 18.7 Å². The zero-order chi connectivity index (χ0) is 12.3. The van der Waals surface area contributed by atoms with E-state index in [2.05, 4.69) is 15.4 Å². The fourth-order valence-corrected chi connectivity index (χ4v) is 1.26. The second-order valence-electron chi connectivity index (χ2n) is 3.40. The predicted octanol–water partition coefficient (Wildman–Crippen LogP) is 0.520. The molecule has 88 valence electrons. The Morgan fingerprint density at radius 3 is 2.65 bits per heavy atom. The molecular formula is C10H10N4O3. The summed E-state index contributed by atoms with van der Waals surface area (Å²) in [5, 5.41) is 29.2. The van der Waals surface area contributed by atoms with E-state index in [9.17, 15) is 4.79 Å². The Morgan fingerprint density at radius 1 is 1.29 bits per heavy atom. The lowest BCUT2D eigenvalue weighted by Gasteiger charge is -1.95. The second kappa shape index (κ2) is 4.60. The number of tetrazole rings is 1. The first kappa shape index (κ1) is 11.1. The van der Waals surface area contributed by atoms with E-state index in [0.29, 0.717) is 11.4 Å². The van der Waals surface area contributed by atoms with Crippen LogP contribution < -0.4 is 0 Å². The first-order valence-electron chi connectivity index (χ1n) is 4.94. The third kappa shape index (κ3) is 2.77. The number of phenols is 1. The Labute approximate surface area is 96.3 Å². The summed E-state index contributed by atoms with van der Waals surface area (Å²) >= 11 is 0. The molecule has 0 fully saturated rings. The molecule has 2 N–H and O–H groups in total. The molecule has 2 aromatic rings. The molecule has 0 saturated heterocycles. The summed E-state index contributed by atoms with van der Waals surface area (Å²) in [6, 6.07) is 6.36. The summed E-state index contributed by atoms with van der Waals surface area (Å²) < 4.78 is 0. The molecule has 0 aliphatic heterocycles. The zero-order valence-electron chi connectivity index (χ0n) is 8.82. The van der Waals surface area contributed by atoms with Crippen LogP contribution in [0.4, 0.5) is 0 Å². The van der Waals surface area contributed by atoms with Crippen LogP contribution in [-0.4, -0.2) is 36.4 Å². The van der Waals surface area contributed by atoms with E-state index in [4.69, 9.17) is 10.2 Å². The smallest absolute Gasteiger partial charge is 0.305 e. The van der Waals surface area contributed by atoms with Crippen LogP contribution in [0.3, 0.4) is 0 Å². The predicted molar refractivity (Wildman–Crippen MR) is 57.2 cm³/mol. The fourth-order valence-electron chi connectivity index (χ4n) is 1.26. The molecule has 0 amide bonds. The minimum absolute atomic E-state index is 0.0502. The van der Waals surface area contributed by atoms with Gasteiger partial charge in [-0.1, -0.05) is 0 Å². The molecule has 0 spiro atoms. The highest BCUT2D eigenvalue weighted by Gasteiger charge is 2.06. The van der Waals surface area contributed by atoms with Crippen molar-refractivity contribution < 1.29 is 15.0 Å². The zero-order valence-corrected chi connectivity index (χ0v) is 8.82. The van der Waals surface area contributed by atoms with Gasteiger partial charge in [0.25, 0.3) is 0 Å². The van der Waals surface area contributed by atoms with Crippen LogP contribution >= 0.6 is 0 Å². The summed E-state index contributed by atoms with van der Waals surface area (Å²) in [5.41, 5.74) is 0.712. The highest BCUT2D eigenvalue weighted by Crippen LogP contribution is 2.17. The average molecular weight is 234 g/mol. The molecule has 7 heteroatoms. The molecular weight excluding hydrogens is 224 g/mol. The molecule has 1 aromatic heterocycles. The molecule has 7 nitrogen and oxygen atoms in total. The van der Waals surface area contributed by atoms with Crippen molar-refractivity contribution in [2.45, 2.75) is 13.0 Å². The number of carbonyl (C=O) groups is 1. The van der Waals surface area contributed by atoms with Crippen molar-refractivity contribution in [3.8, 4) is 17.1 Å². The van der Waals surface area contributed by atoms with E-state index in [1.54, 1.807) is 12.1 Å². The number of aliphatic carboxylic acids is 1. The number of phenolic OH excluding ortho intramolecular Hbond substituents is 1. The van der Waals surface area contributed by atoms with Crippen LogP contribution in [0.1, 0.15) is 6.42 Å². The first-order chi connectivity index (χ1) is 8.15. The van der Waals surface area contributed by atoms with Gasteiger partial charge in [0.1, 0.15) is 5.75 Å². The van der Waals surface area contributed by atoms with Crippen molar-refractivity contribution in [1.29, 1.82) is 0 Å². The number of rotatable bonds is 4. The van der Waals surface area contributed by atoms with Crippen LogP contribution in [0.2, 0.25) is 0 Å². The molecule has 1 heterocycles. The third-order valence-corrected chi connectivity index (χ3v) is 2.10. The summed E-state index contributed by atoms with van der Waals surface area (Å²) in [6.07, 6.45) is -0.0502. The van der Waals surface area contributed by atoms with Crippen LogP contribution in [0.15, 0.2) is 24.3 Å². The summed E-state index contributed by atoms with van der Waals surface area (Å²) in [7, 11) is 0. The highest BCUT2D eigenvalue weighted by atomic mass is 16.4. The van der Waals surface area contributed by atoms with E-state index in [0.717, 1.165) is 0 Å². The molecule has 17 heavy (non-hydrogen) atoms. The van der Waals surface area contributed by atoms with Gasteiger partial charge in [-0.2, -0.15) is 4.80 Å². The topological polar surface area (TPSA) is 101 Å². The number of aryl methyl sites for hydroxylation is 1. The van der Waals surface area contributed by atoms with Gasteiger partial charge in [0.05, 0.1) is 13.0 Å². The normalized spacial score (nSPS) is 10.4. The van der Waals surface area contributed by atoms with Crippen LogP contribution in [-0.2, 0) is 11.3 Å². The van der Waals surface area contributed by atoms with Crippen LogP contribution in [0.25, 0.3) is 11.4 Å². The quantitative estimate of drug-likeness (QED) is 0.799. The SMILES string of the molecule is O=C(O)CCn1nnc(-c2ccc(O)cc2)n1. The largest absolute Gasteiger partial charge is 0.508 e. The van der Waals surface area contributed by atoms with Gasteiger partial charge in [-0.3, -0.25) is 4.79 Å². The molecule has 0 unspecified atom stereocenters. The molecule has 2 rings (SSSR count). The number of aromatic nitrogens is 4. The number of aromatic hydroxyl groups is 1. The van der Waals surface area contributed by atoms with Gasteiger partial charge >= 0.3 is 5.97 Å². The van der Waals surface area contributed by atoms with E-state index in [1.165, 1.54) is 16.9 Å². The number of benzene rings is 1. The van der Waals surface area contributed by atoms with Gasteiger partial charge < -0.3 is 10.2 Å². The minimum atomic E-state index is -0.909. The maximum Gasteiger partial charge on any atom is 0.305 e. The number of hydrogen-bond donors (Lipinski definition) is 2. The molecule has 0 radical (unpaired) electrons. The van der Waals surface area contributed by atoms with Crippen LogP contribution in [0, 0.1) is 0 Å². The summed E-state index contributed by atoms with van der Waals surface area (Å²) in [4.78, 5) is 11.6. The molecule has 0 aliphatic rings. The third-order valence-electron chi connectivity index (χ3n) is 2.10. The van der Waals surface area contributed by atoms with Crippen molar-refractivity contribution in [1.82, 2.24) is 20.2 Å². The van der Waals surface area contributed by atoms with Crippen molar-refractivity contribution in [2.24, 2.45) is 0 Å². The Hall–Kier alpha value is -2.44. The number of carboxylic acid groups (broad SMARTS) is 1. The van der Waals surface area contributed by atoms with E-state index < -0.39 is 5.97 Å². The van der Waals surface area contributed by atoms with Crippen molar-refractivity contribution in [3.63, 3.8) is 0 Å². The van der Waals surface area contributed by atoms with E-state index >= 15 is 0 Å². The van der Waals surface area contributed by atoms with Crippen molar-refractivity contribution in [3.05, 3.63) is 24.3 Å². The van der Waals surface area contributed by atoms with Gasteiger partial charge in [-0.15, -0.1) is 10.2 Å². The van der Waals surface area contributed by atoms with Crippen LogP contribution in [0.5, 0.6) is 5.75 Å². The van der Waals surface area contributed by atoms with Gasteiger partial charge in [-0.05, 0) is 29.5 Å². The summed E-state index contributed by atoms with van der Waals surface area (Å²) in [5.74, 6) is -0.351. The Morgan fingerprint density at radius 2 is 2.00 bits per heavy atom. The number of carboxylic acids is 1. The van der Waals surface area contributed by atoms with Crippen molar-refractivity contribution in [2.75, 3.05) is 0 Å². The monoisotopic (exact) mass is 234 g/mol. The van der Waals surface area contributed by atoms with E-state index in [1.807, 2.05) is 0 Å². The number of hydrogen-bond acceptors (Lipinski definition) is 5. The minimum Gasteiger partial charge on any atom is -0.508 e. The standard InChI is InChI=1S/C10H10N4O3/c15-8-3-1-7(2-4-8)10-11-13-14(12-10)6-5-9(16)17/h1-4,15H,5-6H2,(H,16,17). The fraction of sp³-hybridized carbons (Fsp3) is 0.200. The molecule has 1 aromatic carbocycles. The lowest BCUT2D eigenvalue weighted by atomic mass is 10.2. The van der Waals surface area contributed by atoms with Gasteiger partial charge in [0.15, 0.2) is 0 Å². The molecule has 0 saturated carbocycles. The Kier molecular flexibility index (Phi) is 2.99. The lowest BCUT2D eigenvalue weighted by Crippen LogP contribution is -2.07. The van der Waals surface area contributed by atoms with Gasteiger partial charge in [0.2, 0.25) is 5.82 Å². The maximum absolute atomic E-state index is 10.4. The highest BCUT2D eigenvalue weighted by molar-refractivity contribution is 5.66. The molecule has 0 atom stereocenters. The summed E-state index contributed by atoms with van der Waals surface area (Å²) in [6.45, 7) is 0.181. The average Bonchev–Trinajstić information content (AvgIpc) is 2.76. The first-order valence-corrected chi connectivity index (χ1v) is 4.94. The number of nitrogens with zero attached hydrogens (tertiary/aromatic N) is 4. The second-order valence-corrected chi connectivity index (χ2v) is 3.40. The Balaban J connectivity index is 2.12. The molecule has 0 bridgehead atoms. The van der Waals surface area contributed by atoms with Crippen molar-refractivity contribution >= 4 is 5.97 Å². The van der Waals surface area contributed by atoms with Gasteiger partial charge in [0, 0.05) is 5.56 Å². The van der Waals surface area contributed by atoms with Gasteiger partial charge in [-0.25, -0.2) is 0 Å². The maximum atomic E-state index is 10.4. The molecule has 0 aliphatic carbocycles. The Bertz CT molecular complexity index is 521. The lowest BCUT2D eigenvalue weighted by molar-refractivity contribution is -0.137.